The molecule has 0 radical (unpaired) electrons. The SMILES string of the molecule is CCCNC(=O)N1CCC2(CC1)CN(Cc1cccc(F)c1)[C@@H](CO)c1[nH]c3cc(OC)ccc3c12. The molecule has 1 fully saturated rings. The van der Waals surface area contributed by atoms with Gasteiger partial charge in [0.05, 0.1) is 19.8 Å². The summed E-state index contributed by atoms with van der Waals surface area (Å²) in [5.41, 5.74) is 3.91. The van der Waals surface area contributed by atoms with Crippen LogP contribution in [0.3, 0.4) is 0 Å². The number of carbonyl (C=O) groups is 1. The minimum atomic E-state index is -0.260. The Labute approximate surface area is 211 Å². The van der Waals surface area contributed by atoms with Crippen LogP contribution in [0.25, 0.3) is 10.9 Å². The van der Waals surface area contributed by atoms with Crippen LogP contribution in [0, 0.1) is 5.82 Å². The van der Waals surface area contributed by atoms with E-state index in [0.717, 1.165) is 53.7 Å². The predicted octanol–water partition coefficient (Wildman–Crippen LogP) is 4.32. The van der Waals surface area contributed by atoms with Crippen LogP contribution in [-0.2, 0) is 12.0 Å². The number of methoxy groups -OCH3 is 1. The van der Waals surface area contributed by atoms with Crippen molar-refractivity contribution in [2.45, 2.75) is 44.2 Å². The standard InChI is InChI=1S/C28H35FN4O3/c1-3-11-30-27(35)32-12-9-28(10-13-32)18-33(16-19-5-4-6-20(29)14-19)24(17-34)26-25(28)22-8-7-21(36-2)15-23(22)31-26/h4-8,14-15,24,31,34H,3,9-13,16-18H2,1-2H3,(H,30,35)/t24-/m0/s1. The summed E-state index contributed by atoms with van der Waals surface area (Å²) in [6.45, 7) is 5.26. The van der Waals surface area contributed by atoms with Gasteiger partial charge >= 0.3 is 6.03 Å². The molecular weight excluding hydrogens is 459 g/mol. The summed E-state index contributed by atoms with van der Waals surface area (Å²) in [5.74, 6) is 0.513. The van der Waals surface area contributed by atoms with Crippen LogP contribution in [0.5, 0.6) is 5.75 Å². The molecule has 1 atom stereocenters. The van der Waals surface area contributed by atoms with Crippen LogP contribution in [0.15, 0.2) is 42.5 Å². The number of fused-ring (bicyclic) bond motifs is 4. The van der Waals surface area contributed by atoms with E-state index in [1.165, 1.54) is 11.6 Å². The summed E-state index contributed by atoms with van der Waals surface area (Å²) in [4.78, 5) is 20.4. The molecule has 0 aliphatic carbocycles. The number of urea groups is 1. The van der Waals surface area contributed by atoms with Gasteiger partial charge in [0.15, 0.2) is 0 Å². The number of aromatic amines is 1. The van der Waals surface area contributed by atoms with E-state index in [1.54, 1.807) is 19.2 Å². The van der Waals surface area contributed by atoms with Crippen LogP contribution >= 0.6 is 0 Å². The summed E-state index contributed by atoms with van der Waals surface area (Å²) in [5, 5.41) is 14.7. The van der Waals surface area contributed by atoms with Crippen molar-refractivity contribution >= 4 is 16.9 Å². The van der Waals surface area contributed by atoms with Crippen molar-refractivity contribution < 1.29 is 19.0 Å². The van der Waals surface area contributed by atoms with Gasteiger partial charge in [-0.15, -0.1) is 0 Å². The first-order valence-corrected chi connectivity index (χ1v) is 12.8. The molecule has 0 bridgehead atoms. The molecule has 2 aliphatic heterocycles. The van der Waals surface area contributed by atoms with E-state index >= 15 is 0 Å². The van der Waals surface area contributed by atoms with Gasteiger partial charge in [-0.1, -0.05) is 19.1 Å². The summed E-state index contributed by atoms with van der Waals surface area (Å²) in [6.07, 6.45) is 2.54. The third-order valence-electron chi connectivity index (χ3n) is 7.83. The van der Waals surface area contributed by atoms with E-state index in [2.05, 4.69) is 21.3 Å². The number of rotatable bonds is 6. The minimum absolute atomic E-state index is 0.00347. The number of ether oxygens (including phenoxy) is 1. The number of hydrogen-bond donors (Lipinski definition) is 3. The number of hydrogen-bond acceptors (Lipinski definition) is 4. The van der Waals surface area contributed by atoms with Gasteiger partial charge in [-0.25, -0.2) is 9.18 Å². The molecule has 36 heavy (non-hydrogen) atoms. The third kappa shape index (κ3) is 4.44. The molecule has 2 aromatic carbocycles. The molecule has 0 saturated carbocycles. The molecule has 8 heteroatoms. The maximum atomic E-state index is 14.0. The average Bonchev–Trinajstić information content (AvgIpc) is 3.27. The van der Waals surface area contributed by atoms with E-state index in [4.69, 9.17) is 4.74 Å². The van der Waals surface area contributed by atoms with Crippen LogP contribution in [0.4, 0.5) is 9.18 Å². The molecule has 5 rings (SSSR count). The van der Waals surface area contributed by atoms with E-state index in [0.29, 0.717) is 26.2 Å². The second kappa shape index (κ2) is 10.1. The van der Waals surface area contributed by atoms with E-state index in [-0.39, 0.29) is 29.9 Å². The number of amides is 2. The predicted molar refractivity (Wildman–Crippen MR) is 138 cm³/mol. The van der Waals surface area contributed by atoms with Crippen molar-refractivity contribution in [1.82, 2.24) is 20.1 Å². The zero-order valence-electron chi connectivity index (χ0n) is 21.0. The highest BCUT2D eigenvalue weighted by molar-refractivity contribution is 5.88. The zero-order valence-corrected chi connectivity index (χ0v) is 21.0. The summed E-state index contributed by atoms with van der Waals surface area (Å²) in [7, 11) is 1.65. The quantitative estimate of drug-likeness (QED) is 0.477. The monoisotopic (exact) mass is 494 g/mol. The van der Waals surface area contributed by atoms with Crippen molar-refractivity contribution in [2.24, 2.45) is 0 Å². The molecule has 2 aliphatic rings. The summed E-state index contributed by atoms with van der Waals surface area (Å²) in [6, 6.07) is 12.5. The first kappa shape index (κ1) is 24.6. The molecule has 3 heterocycles. The lowest BCUT2D eigenvalue weighted by molar-refractivity contribution is 0.0486. The summed E-state index contributed by atoms with van der Waals surface area (Å²) < 4.78 is 19.4. The Kier molecular flexibility index (Phi) is 6.90. The Hall–Kier alpha value is -3.10. The number of halogens is 1. The zero-order chi connectivity index (χ0) is 25.3. The molecule has 2 amide bonds. The Bertz CT molecular complexity index is 1230. The van der Waals surface area contributed by atoms with Crippen LogP contribution < -0.4 is 10.1 Å². The number of aliphatic hydroxyl groups is 1. The lowest BCUT2D eigenvalue weighted by atomic mass is 9.68. The minimum Gasteiger partial charge on any atom is -0.497 e. The Balaban J connectivity index is 1.54. The van der Waals surface area contributed by atoms with Crippen molar-refractivity contribution in [2.75, 3.05) is 39.9 Å². The van der Waals surface area contributed by atoms with Crippen molar-refractivity contribution in [3.05, 3.63) is 65.1 Å². The second-order valence-corrected chi connectivity index (χ2v) is 10.1. The number of nitrogens with zero attached hydrogens (tertiary/aromatic N) is 2. The van der Waals surface area contributed by atoms with Crippen molar-refractivity contribution in [1.29, 1.82) is 0 Å². The van der Waals surface area contributed by atoms with E-state index in [9.17, 15) is 14.3 Å². The fourth-order valence-electron chi connectivity index (χ4n) is 6.04. The van der Waals surface area contributed by atoms with E-state index < -0.39 is 0 Å². The number of nitrogens with one attached hydrogen (secondary N) is 2. The first-order valence-electron chi connectivity index (χ1n) is 12.8. The number of carbonyl (C=O) groups excluding carboxylic acids is 1. The van der Waals surface area contributed by atoms with Gasteiger partial charge in [0.25, 0.3) is 0 Å². The fraction of sp³-hybridized carbons (Fsp3) is 0.464. The molecule has 0 unspecified atom stereocenters. The Morgan fingerprint density at radius 3 is 2.75 bits per heavy atom. The Morgan fingerprint density at radius 2 is 2.06 bits per heavy atom. The van der Waals surface area contributed by atoms with E-state index in [1.807, 2.05) is 30.0 Å². The maximum absolute atomic E-state index is 14.0. The van der Waals surface area contributed by atoms with Crippen molar-refractivity contribution in [3.8, 4) is 5.75 Å². The summed E-state index contributed by atoms with van der Waals surface area (Å²) >= 11 is 0. The second-order valence-electron chi connectivity index (χ2n) is 10.1. The molecule has 192 valence electrons. The smallest absolute Gasteiger partial charge is 0.317 e. The van der Waals surface area contributed by atoms with Gasteiger partial charge in [0, 0.05) is 60.8 Å². The maximum Gasteiger partial charge on any atom is 0.317 e. The highest BCUT2D eigenvalue weighted by Crippen LogP contribution is 2.49. The van der Waals surface area contributed by atoms with Crippen molar-refractivity contribution in [3.63, 3.8) is 0 Å². The lowest BCUT2D eigenvalue weighted by Crippen LogP contribution is -2.55. The number of H-pyrrole nitrogens is 1. The highest BCUT2D eigenvalue weighted by Gasteiger charge is 2.47. The number of aliphatic hydroxyl groups excluding tert-OH is 1. The largest absolute Gasteiger partial charge is 0.497 e. The lowest BCUT2D eigenvalue weighted by Gasteiger charge is -2.50. The Morgan fingerprint density at radius 1 is 1.25 bits per heavy atom. The first-order chi connectivity index (χ1) is 17.5. The molecule has 3 aromatic rings. The molecular formula is C28H35FN4O3. The molecule has 1 spiro atoms. The molecule has 1 aromatic heterocycles. The average molecular weight is 495 g/mol. The molecule has 1 saturated heterocycles. The number of aromatic nitrogens is 1. The molecule has 3 N–H and O–H groups in total. The topological polar surface area (TPSA) is 80.8 Å². The third-order valence-corrected chi connectivity index (χ3v) is 7.83. The fourth-order valence-corrected chi connectivity index (χ4v) is 6.04. The number of likely N-dealkylation sites (tertiary alicyclic amines) is 1. The van der Waals surface area contributed by atoms with Gasteiger partial charge in [-0.2, -0.15) is 0 Å². The highest BCUT2D eigenvalue weighted by atomic mass is 19.1. The van der Waals surface area contributed by atoms with Gasteiger partial charge in [-0.05, 0) is 54.7 Å². The van der Waals surface area contributed by atoms with Crippen LogP contribution in [0.2, 0.25) is 0 Å². The number of benzene rings is 2. The van der Waals surface area contributed by atoms with Gasteiger partial charge < -0.3 is 25.0 Å². The van der Waals surface area contributed by atoms with Gasteiger partial charge in [0.2, 0.25) is 0 Å². The normalized spacial score (nSPS) is 19.4. The van der Waals surface area contributed by atoms with Gasteiger partial charge in [0.1, 0.15) is 11.6 Å². The van der Waals surface area contributed by atoms with Crippen LogP contribution in [-0.4, -0.2) is 65.8 Å². The van der Waals surface area contributed by atoms with Crippen LogP contribution in [0.1, 0.15) is 49.0 Å². The molecule has 7 nitrogen and oxygen atoms in total. The number of piperidine rings is 1. The van der Waals surface area contributed by atoms with Gasteiger partial charge in [-0.3, -0.25) is 4.90 Å².